The van der Waals surface area contributed by atoms with E-state index in [1.165, 1.54) is 0 Å². The van der Waals surface area contributed by atoms with Crippen molar-refractivity contribution < 1.29 is 19.3 Å². The third kappa shape index (κ3) is 4.93. The molecule has 3 heterocycles. The lowest BCUT2D eigenvalue weighted by Gasteiger charge is -2.31. The van der Waals surface area contributed by atoms with Crippen molar-refractivity contribution >= 4 is 33.3 Å². The van der Waals surface area contributed by atoms with Gasteiger partial charge in [-0.2, -0.15) is 4.98 Å². The largest absolute Gasteiger partial charge is 0.497 e. The van der Waals surface area contributed by atoms with Crippen LogP contribution >= 0.6 is 11.3 Å². The van der Waals surface area contributed by atoms with Gasteiger partial charge in [0, 0.05) is 19.1 Å². The van der Waals surface area contributed by atoms with Gasteiger partial charge < -0.3 is 30.0 Å². The van der Waals surface area contributed by atoms with Crippen LogP contribution in [0.2, 0.25) is 0 Å². The number of aryl methyl sites for hydroxylation is 1. The lowest BCUT2D eigenvalue weighted by atomic mass is 10.0. The van der Waals surface area contributed by atoms with Crippen LogP contribution in [0, 0.1) is 12.8 Å². The van der Waals surface area contributed by atoms with E-state index in [-0.39, 0.29) is 18.6 Å². The molecule has 1 saturated carbocycles. The molecule has 0 amide bonds. The van der Waals surface area contributed by atoms with Gasteiger partial charge in [-0.3, -0.25) is 0 Å². The zero-order chi connectivity index (χ0) is 27.2. The number of aliphatic hydroxyl groups is 1. The van der Waals surface area contributed by atoms with Gasteiger partial charge >= 0.3 is 0 Å². The number of anilines is 2. The van der Waals surface area contributed by atoms with Crippen LogP contribution < -0.4 is 15.4 Å². The molecule has 0 radical (unpaired) electrons. The van der Waals surface area contributed by atoms with E-state index in [0.717, 1.165) is 44.2 Å². The molecule has 0 spiro atoms. The average Bonchev–Trinajstić information content (AvgIpc) is 3.55. The molecule has 1 aliphatic heterocycles. The Hall–Kier alpha value is -3.31. The van der Waals surface area contributed by atoms with Crippen molar-refractivity contribution in [3.63, 3.8) is 0 Å². The molecule has 1 aliphatic carbocycles. The van der Waals surface area contributed by atoms with Crippen LogP contribution in [0.15, 0.2) is 48.5 Å². The second-order valence-corrected chi connectivity index (χ2v) is 11.6. The van der Waals surface area contributed by atoms with Crippen molar-refractivity contribution in [2.45, 2.75) is 57.8 Å². The average molecular weight is 548 g/mol. The number of benzene rings is 2. The number of aromatic nitrogens is 3. The quantitative estimate of drug-likeness (QED) is 0.269. The molecule has 10 heteroatoms. The van der Waals surface area contributed by atoms with Crippen LogP contribution in [-0.4, -0.2) is 51.4 Å². The van der Waals surface area contributed by atoms with Crippen molar-refractivity contribution in [3.8, 4) is 16.3 Å². The highest BCUT2D eigenvalue weighted by Gasteiger charge is 2.60. The van der Waals surface area contributed by atoms with E-state index in [0.29, 0.717) is 24.7 Å². The van der Waals surface area contributed by atoms with E-state index in [2.05, 4.69) is 16.7 Å². The fourth-order valence-corrected chi connectivity index (χ4v) is 6.69. The second-order valence-electron chi connectivity index (χ2n) is 10.6. The topological polar surface area (TPSA) is 111 Å². The third-order valence-corrected chi connectivity index (χ3v) is 8.41. The van der Waals surface area contributed by atoms with Gasteiger partial charge in [0.2, 0.25) is 5.95 Å². The molecule has 9 nitrogen and oxygen atoms in total. The molecule has 6 rings (SSSR count). The smallest absolute Gasteiger partial charge is 0.225 e. The van der Waals surface area contributed by atoms with Gasteiger partial charge in [0.1, 0.15) is 22.7 Å². The maximum absolute atomic E-state index is 10.1. The van der Waals surface area contributed by atoms with Gasteiger partial charge in [-0.25, -0.2) is 9.97 Å². The second kappa shape index (κ2) is 10.0. The van der Waals surface area contributed by atoms with Gasteiger partial charge in [-0.1, -0.05) is 24.3 Å². The molecule has 39 heavy (non-hydrogen) atoms. The number of nitrogens with zero attached hydrogens (tertiary/aromatic N) is 3. The Balaban J connectivity index is 1.40. The minimum Gasteiger partial charge on any atom is -0.497 e. The summed E-state index contributed by atoms with van der Waals surface area (Å²) < 4.78 is 19.3. The minimum absolute atomic E-state index is 0.0289. The molecule has 2 aromatic carbocycles. The summed E-state index contributed by atoms with van der Waals surface area (Å²) in [7, 11) is 1.66. The van der Waals surface area contributed by atoms with Crippen LogP contribution in [0.5, 0.6) is 5.75 Å². The standard InChI is InChI=1S/C29H33N5O4S/c1-17-23(26-32-21-10-5-6-11-22(21)39-26)25(33-27(31-17)30-15-18-8-7-9-20(14-18)36-4)34-29-13-12-19(16-35)24(29)37-28(2,3)38-29/h5-11,14,19,24,35H,12-13,15-16H2,1-4H3,(H2,30,31,33,34). The van der Waals surface area contributed by atoms with Gasteiger partial charge in [0.25, 0.3) is 0 Å². The fraction of sp³-hybridized carbons (Fsp3) is 0.414. The Morgan fingerprint density at radius 1 is 1.13 bits per heavy atom. The first-order valence-corrected chi connectivity index (χ1v) is 14.0. The monoisotopic (exact) mass is 547 g/mol. The Morgan fingerprint density at radius 3 is 2.77 bits per heavy atom. The number of fused-ring (bicyclic) bond motifs is 2. The number of hydrogen-bond donors (Lipinski definition) is 3. The molecule has 2 aromatic heterocycles. The van der Waals surface area contributed by atoms with Crippen LogP contribution in [0.3, 0.4) is 0 Å². The van der Waals surface area contributed by atoms with Crippen molar-refractivity contribution in [3.05, 3.63) is 59.8 Å². The summed E-state index contributed by atoms with van der Waals surface area (Å²) >= 11 is 1.61. The number of aliphatic hydroxyl groups excluding tert-OH is 1. The van der Waals surface area contributed by atoms with E-state index in [4.69, 9.17) is 29.2 Å². The van der Waals surface area contributed by atoms with Gasteiger partial charge in [-0.15, -0.1) is 11.3 Å². The van der Waals surface area contributed by atoms with Crippen molar-refractivity contribution in [2.24, 2.45) is 5.92 Å². The number of ether oxygens (including phenoxy) is 3. The van der Waals surface area contributed by atoms with Crippen LogP contribution in [0.25, 0.3) is 20.8 Å². The Morgan fingerprint density at radius 2 is 1.97 bits per heavy atom. The maximum atomic E-state index is 10.1. The molecular weight excluding hydrogens is 514 g/mol. The SMILES string of the molecule is COc1cccc(CNc2nc(C)c(-c3nc4ccccc4s3)c(NC34CCC(CO)C3OC(C)(C)O4)n2)c1. The number of thiazole rings is 1. The van der Waals surface area contributed by atoms with Crippen molar-refractivity contribution in [1.29, 1.82) is 0 Å². The number of rotatable bonds is 8. The number of nitrogens with one attached hydrogen (secondary N) is 2. The van der Waals surface area contributed by atoms with Crippen LogP contribution in [0.4, 0.5) is 11.8 Å². The molecule has 1 saturated heterocycles. The van der Waals surface area contributed by atoms with E-state index < -0.39 is 11.5 Å². The van der Waals surface area contributed by atoms with E-state index >= 15 is 0 Å². The summed E-state index contributed by atoms with van der Waals surface area (Å²) in [6.07, 6.45) is 1.15. The number of hydrogen-bond acceptors (Lipinski definition) is 10. The lowest BCUT2D eigenvalue weighted by molar-refractivity contribution is -0.168. The van der Waals surface area contributed by atoms with Gasteiger partial charge in [-0.05, 0) is 63.4 Å². The maximum Gasteiger partial charge on any atom is 0.225 e. The Kier molecular flexibility index (Phi) is 6.66. The molecule has 0 bridgehead atoms. The van der Waals surface area contributed by atoms with E-state index in [9.17, 15) is 5.11 Å². The van der Waals surface area contributed by atoms with Crippen molar-refractivity contribution in [2.75, 3.05) is 24.4 Å². The molecular formula is C29H33N5O4S. The zero-order valence-corrected chi connectivity index (χ0v) is 23.3. The summed E-state index contributed by atoms with van der Waals surface area (Å²) in [6, 6.07) is 16.0. The predicted molar refractivity (Wildman–Crippen MR) is 152 cm³/mol. The first kappa shape index (κ1) is 25.9. The summed E-state index contributed by atoms with van der Waals surface area (Å²) in [5.41, 5.74) is 2.78. The lowest BCUT2D eigenvalue weighted by Crippen LogP contribution is -2.46. The number of para-hydroxylation sites is 1. The normalized spacial score (nSPS) is 23.6. The zero-order valence-electron chi connectivity index (χ0n) is 22.5. The molecule has 3 N–H and O–H groups in total. The van der Waals surface area contributed by atoms with Gasteiger partial charge in [0.05, 0.1) is 28.6 Å². The van der Waals surface area contributed by atoms with Crippen molar-refractivity contribution in [1.82, 2.24) is 15.0 Å². The highest BCUT2D eigenvalue weighted by atomic mass is 32.1. The molecule has 4 aromatic rings. The first-order valence-electron chi connectivity index (χ1n) is 13.2. The highest BCUT2D eigenvalue weighted by Crippen LogP contribution is 2.50. The molecule has 3 atom stereocenters. The Labute approximate surface area is 231 Å². The molecule has 204 valence electrons. The van der Waals surface area contributed by atoms with Gasteiger partial charge in [0.15, 0.2) is 11.5 Å². The predicted octanol–water partition coefficient (Wildman–Crippen LogP) is 5.34. The van der Waals surface area contributed by atoms with E-state index in [1.54, 1.807) is 18.4 Å². The molecule has 2 fully saturated rings. The minimum atomic E-state index is -0.826. The van der Waals surface area contributed by atoms with Crippen LogP contribution in [-0.2, 0) is 16.0 Å². The van der Waals surface area contributed by atoms with Crippen LogP contribution in [0.1, 0.15) is 37.9 Å². The Bertz CT molecular complexity index is 1480. The summed E-state index contributed by atoms with van der Waals surface area (Å²) in [5.74, 6) is 1.09. The molecule has 2 aliphatic rings. The molecule has 3 unspecified atom stereocenters. The number of methoxy groups -OCH3 is 1. The summed E-state index contributed by atoms with van der Waals surface area (Å²) in [6.45, 7) is 6.35. The fourth-order valence-electron chi connectivity index (χ4n) is 5.63. The first-order chi connectivity index (χ1) is 18.8. The highest BCUT2D eigenvalue weighted by molar-refractivity contribution is 7.21. The third-order valence-electron chi connectivity index (χ3n) is 7.36. The summed E-state index contributed by atoms with van der Waals surface area (Å²) in [5, 5.41) is 17.9. The van der Waals surface area contributed by atoms with E-state index in [1.807, 2.05) is 63.2 Å². The summed E-state index contributed by atoms with van der Waals surface area (Å²) in [4.78, 5) is 14.7.